The second-order valence-electron chi connectivity index (χ2n) is 5.44. The Morgan fingerprint density at radius 2 is 2.30 bits per heavy atom. The minimum atomic E-state index is -3.06. The fourth-order valence-corrected chi connectivity index (χ4v) is 3.54. The van der Waals surface area contributed by atoms with Crippen molar-refractivity contribution in [2.45, 2.75) is 32.9 Å². The largest absolute Gasteiger partial charge is 0.311 e. The predicted molar refractivity (Wildman–Crippen MR) is 78.7 cm³/mol. The highest BCUT2D eigenvalue weighted by molar-refractivity contribution is 7.88. The smallest absolute Gasteiger partial charge is 0.211 e. The van der Waals surface area contributed by atoms with Crippen molar-refractivity contribution in [3.63, 3.8) is 0 Å². The van der Waals surface area contributed by atoms with Gasteiger partial charge in [-0.1, -0.05) is 6.92 Å². The van der Waals surface area contributed by atoms with Crippen LogP contribution in [0.1, 0.15) is 25.5 Å². The molecule has 1 aliphatic heterocycles. The number of rotatable bonds is 6. The van der Waals surface area contributed by atoms with E-state index < -0.39 is 10.0 Å². The van der Waals surface area contributed by atoms with E-state index >= 15 is 0 Å². The van der Waals surface area contributed by atoms with Gasteiger partial charge in [0.1, 0.15) is 0 Å². The van der Waals surface area contributed by atoms with Gasteiger partial charge in [0, 0.05) is 32.4 Å². The molecule has 7 heteroatoms. The molecule has 1 N–H and O–H groups in total. The first-order valence-corrected chi connectivity index (χ1v) is 9.02. The fraction of sp³-hybridized carbons (Fsp3) is 0.769. The second kappa shape index (κ2) is 6.69. The Morgan fingerprint density at radius 3 is 3.00 bits per heavy atom. The monoisotopic (exact) mass is 300 g/mol. The van der Waals surface area contributed by atoms with Crippen LogP contribution >= 0.6 is 0 Å². The van der Waals surface area contributed by atoms with Crippen LogP contribution in [0.3, 0.4) is 0 Å². The summed E-state index contributed by atoms with van der Waals surface area (Å²) >= 11 is 0. The van der Waals surface area contributed by atoms with E-state index in [0.717, 1.165) is 38.2 Å². The molecule has 1 fully saturated rings. The first-order valence-electron chi connectivity index (χ1n) is 7.17. The molecule has 2 rings (SSSR count). The SMILES string of the molecule is CCNCc1ccn(CC2CCCN(S(C)(=O)=O)C2)n1. The van der Waals surface area contributed by atoms with Crippen LogP contribution in [-0.4, -0.2) is 48.4 Å². The summed E-state index contributed by atoms with van der Waals surface area (Å²) in [7, 11) is -3.06. The zero-order valence-corrected chi connectivity index (χ0v) is 13.1. The number of piperidine rings is 1. The lowest BCUT2D eigenvalue weighted by molar-refractivity contribution is 0.240. The van der Waals surface area contributed by atoms with Crippen molar-refractivity contribution < 1.29 is 8.42 Å². The molecular formula is C13H24N4O2S. The quantitative estimate of drug-likeness (QED) is 0.838. The van der Waals surface area contributed by atoms with E-state index in [1.54, 1.807) is 4.31 Å². The molecule has 1 saturated heterocycles. The van der Waals surface area contributed by atoms with Crippen LogP contribution in [-0.2, 0) is 23.1 Å². The van der Waals surface area contributed by atoms with Gasteiger partial charge in [-0.25, -0.2) is 12.7 Å². The van der Waals surface area contributed by atoms with E-state index in [-0.39, 0.29) is 0 Å². The molecule has 1 aromatic rings. The maximum atomic E-state index is 11.6. The van der Waals surface area contributed by atoms with Gasteiger partial charge in [0.15, 0.2) is 0 Å². The van der Waals surface area contributed by atoms with Crippen LogP contribution in [0.2, 0.25) is 0 Å². The normalized spacial score (nSPS) is 21.2. The molecule has 0 bridgehead atoms. The van der Waals surface area contributed by atoms with Crippen molar-refractivity contribution in [3.05, 3.63) is 18.0 Å². The van der Waals surface area contributed by atoms with Gasteiger partial charge >= 0.3 is 0 Å². The lowest BCUT2D eigenvalue weighted by Crippen LogP contribution is -2.40. The van der Waals surface area contributed by atoms with Crippen molar-refractivity contribution in [1.29, 1.82) is 0 Å². The van der Waals surface area contributed by atoms with Gasteiger partial charge in [-0.05, 0) is 31.4 Å². The Kier molecular flexibility index (Phi) is 5.17. The van der Waals surface area contributed by atoms with E-state index in [1.807, 2.05) is 16.9 Å². The minimum Gasteiger partial charge on any atom is -0.311 e. The molecule has 6 nitrogen and oxygen atoms in total. The third kappa shape index (κ3) is 4.29. The van der Waals surface area contributed by atoms with Gasteiger partial charge in [-0.3, -0.25) is 4.68 Å². The summed E-state index contributed by atoms with van der Waals surface area (Å²) in [5.41, 5.74) is 1.03. The molecule has 114 valence electrons. The standard InChI is InChI=1S/C13H24N4O2S/c1-3-14-9-13-6-8-16(15-13)10-12-5-4-7-17(11-12)20(2,18)19/h6,8,12,14H,3-5,7,9-11H2,1-2H3. The Bertz CT molecular complexity index is 526. The van der Waals surface area contributed by atoms with Crippen molar-refractivity contribution in [2.24, 2.45) is 5.92 Å². The van der Waals surface area contributed by atoms with E-state index in [1.165, 1.54) is 6.26 Å². The molecule has 0 saturated carbocycles. The van der Waals surface area contributed by atoms with E-state index in [2.05, 4.69) is 17.3 Å². The molecule has 1 aromatic heterocycles. The fourth-order valence-electron chi connectivity index (χ4n) is 2.59. The summed E-state index contributed by atoms with van der Waals surface area (Å²) in [4.78, 5) is 0. The Balaban J connectivity index is 1.91. The summed E-state index contributed by atoms with van der Waals surface area (Å²) in [6, 6.07) is 2.01. The molecular weight excluding hydrogens is 276 g/mol. The van der Waals surface area contributed by atoms with Crippen LogP contribution in [0.15, 0.2) is 12.3 Å². The topological polar surface area (TPSA) is 67.2 Å². The number of sulfonamides is 1. The first-order chi connectivity index (χ1) is 9.49. The number of hydrogen-bond acceptors (Lipinski definition) is 4. The molecule has 0 aliphatic carbocycles. The van der Waals surface area contributed by atoms with Crippen LogP contribution in [0.25, 0.3) is 0 Å². The third-order valence-electron chi connectivity index (χ3n) is 3.65. The molecule has 2 heterocycles. The number of nitrogens with zero attached hydrogens (tertiary/aromatic N) is 3. The Hall–Kier alpha value is -0.920. The van der Waals surface area contributed by atoms with E-state index in [0.29, 0.717) is 19.0 Å². The maximum Gasteiger partial charge on any atom is 0.211 e. The van der Waals surface area contributed by atoms with Gasteiger partial charge in [0.25, 0.3) is 0 Å². The first kappa shape index (κ1) is 15.5. The average Bonchev–Trinajstić information content (AvgIpc) is 2.83. The summed E-state index contributed by atoms with van der Waals surface area (Å²) in [5.74, 6) is 0.352. The average molecular weight is 300 g/mol. The molecule has 1 atom stereocenters. The zero-order valence-electron chi connectivity index (χ0n) is 12.2. The van der Waals surface area contributed by atoms with Crippen LogP contribution in [0, 0.1) is 5.92 Å². The molecule has 1 aliphatic rings. The lowest BCUT2D eigenvalue weighted by atomic mass is 10.00. The van der Waals surface area contributed by atoms with Gasteiger partial charge in [0.2, 0.25) is 10.0 Å². The Labute approximate surface area is 121 Å². The maximum absolute atomic E-state index is 11.6. The molecule has 1 unspecified atom stereocenters. The second-order valence-corrected chi connectivity index (χ2v) is 7.42. The highest BCUT2D eigenvalue weighted by Gasteiger charge is 2.26. The molecule has 0 spiro atoms. The van der Waals surface area contributed by atoms with Gasteiger partial charge in [0.05, 0.1) is 11.9 Å². The molecule has 20 heavy (non-hydrogen) atoms. The number of nitrogens with one attached hydrogen (secondary N) is 1. The summed E-state index contributed by atoms with van der Waals surface area (Å²) in [6.07, 6.45) is 5.27. The van der Waals surface area contributed by atoms with Gasteiger partial charge in [-0.15, -0.1) is 0 Å². The summed E-state index contributed by atoms with van der Waals surface area (Å²) in [6.45, 7) is 5.83. The molecule has 0 aromatic carbocycles. The number of aromatic nitrogens is 2. The molecule has 0 radical (unpaired) electrons. The van der Waals surface area contributed by atoms with Crippen molar-refractivity contribution in [3.8, 4) is 0 Å². The van der Waals surface area contributed by atoms with E-state index in [9.17, 15) is 8.42 Å². The predicted octanol–water partition coefficient (Wildman–Crippen LogP) is 0.664. The van der Waals surface area contributed by atoms with Crippen molar-refractivity contribution in [1.82, 2.24) is 19.4 Å². The summed E-state index contributed by atoms with van der Waals surface area (Å²) in [5, 5.41) is 7.76. The highest BCUT2D eigenvalue weighted by Crippen LogP contribution is 2.20. The van der Waals surface area contributed by atoms with Gasteiger partial charge in [-0.2, -0.15) is 5.10 Å². The van der Waals surface area contributed by atoms with Crippen LogP contribution in [0.5, 0.6) is 0 Å². The Morgan fingerprint density at radius 1 is 1.50 bits per heavy atom. The minimum absolute atomic E-state index is 0.352. The third-order valence-corrected chi connectivity index (χ3v) is 4.92. The summed E-state index contributed by atoms with van der Waals surface area (Å²) < 4.78 is 26.7. The zero-order chi connectivity index (χ0) is 14.6. The van der Waals surface area contributed by atoms with Gasteiger partial charge < -0.3 is 5.32 Å². The number of hydrogen-bond donors (Lipinski definition) is 1. The van der Waals surface area contributed by atoms with Crippen LogP contribution < -0.4 is 5.32 Å². The lowest BCUT2D eigenvalue weighted by Gasteiger charge is -2.30. The highest BCUT2D eigenvalue weighted by atomic mass is 32.2. The van der Waals surface area contributed by atoms with Crippen molar-refractivity contribution >= 4 is 10.0 Å². The molecule has 0 amide bonds. The van der Waals surface area contributed by atoms with Crippen LogP contribution in [0.4, 0.5) is 0 Å². The van der Waals surface area contributed by atoms with E-state index in [4.69, 9.17) is 0 Å². The van der Waals surface area contributed by atoms with Crippen molar-refractivity contribution in [2.75, 3.05) is 25.9 Å².